The monoisotopic (exact) mass is 1030 g/mol. The summed E-state index contributed by atoms with van der Waals surface area (Å²) in [5.74, 6) is -2.48. The van der Waals surface area contributed by atoms with E-state index in [4.69, 9.17) is 10.5 Å². The Morgan fingerprint density at radius 3 is 1.23 bits per heavy atom. The van der Waals surface area contributed by atoms with Crippen LogP contribution >= 0.6 is 22.7 Å². The first-order valence-corrected chi connectivity index (χ1v) is 26.1. The fourth-order valence-electron chi connectivity index (χ4n) is 8.75. The lowest BCUT2D eigenvalue weighted by atomic mass is 9.94. The van der Waals surface area contributed by atoms with Gasteiger partial charge in [0.15, 0.2) is 0 Å². The Hall–Kier alpha value is -10.2. The first-order valence-electron chi connectivity index (χ1n) is 24.5. The normalized spacial score (nSPS) is 11.9. The van der Waals surface area contributed by atoms with Gasteiger partial charge in [-0.05, 0) is 151 Å². The van der Waals surface area contributed by atoms with E-state index in [1.807, 2.05) is 54.6 Å². The van der Waals surface area contributed by atoms with Gasteiger partial charge in [-0.2, -0.15) is 10.5 Å². The highest BCUT2D eigenvalue weighted by molar-refractivity contribution is 7.16. The summed E-state index contributed by atoms with van der Waals surface area (Å²) >= 11 is 2.87. The van der Waals surface area contributed by atoms with E-state index in [2.05, 4.69) is 199 Å². The molecule has 0 aliphatic carbocycles. The van der Waals surface area contributed by atoms with Crippen molar-refractivity contribution in [3.63, 3.8) is 0 Å². The number of hydrogen-bond acceptors (Lipinski definition) is 7. The van der Waals surface area contributed by atoms with Crippen LogP contribution in [-0.4, -0.2) is 22.2 Å². The highest BCUT2D eigenvalue weighted by Crippen LogP contribution is 2.37. The molecule has 7 nitrogen and oxygen atoms in total. The maximum Gasteiger partial charge on any atom is 0.346 e. The van der Waals surface area contributed by atoms with E-state index in [0.717, 1.165) is 82.5 Å². The summed E-state index contributed by atoms with van der Waals surface area (Å²) in [4.78, 5) is 28.3. The molecule has 0 aliphatic heterocycles. The van der Waals surface area contributed by atoms with Crippen LogP contribution < -0.4 is 4.90 Å². The fourth-order valence-corrected chi connectivity index (χ4v) is 10.7. The third-order valence-electron chi connectivity index (χ3n) is 12.8. The molecule has 0 aliphatic rings. The molecule has 368 valence electrons. The van der Waals surface area contributed by atoms with Gasteiger partial charge in [-0.3, -0.25) is 0 Å². The van der Waals surface area contributed by atoms with Crippen LogP contribution in [0.25, 0.3) is 79.8 Å². The molecule has 10 rings (SSSR count). The van der Waals surface area contributed by atoms with Crippen LogP contribution in [0, 0.1) is 22.7 Å². The van der Waals surface area contributed by atoms with E-state index in [0.29, 0.717) is 9.75 Å². The van der Waals surface area contributed by atoms with Crippen LogP contribution in [0.4, 0.5) is 17.1 Å². The number of carboxylic acids is 2. The van der Waals surface area contributed by atoms with Crippen LogP contribution in [0.15, 0.2) is 230 Å². The summed E-state index contributed by atoms with van der Waals surface area (Å²) in [6.07, 6.45) is 13.4. The molecule has 10 aromatic rings. The summed E-state index contributed by atoms with van der Waals surface area (Å²) in [5.41, 5.74) is 13.0. The van der Waals surface area contributed by atoms with Crippen molar-refractivity contribution in [2.24, 2.45) is 0 Å². The van der Waals surface area contributed by atoms with E-state index in [1.165, 1.54) is 45.6 Å². The Balaban J connectivity index is 0.906. The standard InChI is InChI=1S/C68H45N3O4S2/c69-44-57(67(72)73)42-62-36-38-65(76-62)53-24-14-46(15-25-53)10-12-48-18-30-59(31-19-48)71(61-34-22-50(23-35-61)40-64(52-7-2-1-3-8-52)56-29-28-51-6-4-5-9-55(51)41-56)60-32-20-49(21-33-60)13-11-47-16-26-54(27-17-47)66-39-37-63(77-66)43-58(45-70)68(74)75/h1-43H,(H,72,73)(H,74,75). The van der Waals surface area contributed by atoms with Crippen molar-refractivity contribution in [1.82, 2.24) is 0 Å². The molecule has 77 heavy (non-hydrogen) atoms. The molecular weight excluding hydrogens is 987 g/mol. The molecule has 0 spiro atoms. The van der Waals surface area contributed by atoms with E-state index in [-0.39, 0.29) is 11.1 Å². The van der Waals surface area contributed by atoms with Crippen molar-refractivity contribution in [3.8, 4) is 33.0 Å². The first-order chi connectivity index (χ1) is 37.7. The number of anilines is 3. The molecule has 2 N–H and O–H groups in total. The molecular formula is C68H45N3O4S2. The van der Waals surface area contributed by atoms with Gasteiger partial charge in [0, 0.05) is 36.6 Å². The van der Waals surface area contributed by atoms with Gasteiger partial charge in [-0.15, -0.1) is 22.7 Å². The van der Waals surface area contributed by atoms with Crippen molar-refractivity contribution < 1.29 is 19.8 Å². The molecule has 0 unspecified atom stereocenters. The Labute approximate surface area is 454 Å². The molecule has 0 amide bonds. The summed E-state index contributed by atoms with van der Waals surface area (Å²) < 4.78 is 0. The lowest BCUT2D eigenvalue weighted by Crippen LogP contribution is -2.09. The maximum absolute atomic E-state index is 11.3. The zero-order chi connectivity index (χ0) is 53.1. The number of hydrogen-bond donors (Lipinski definition) is 2. The van der Waals surface area contributed by atoms with Gasteiger partial charge in [-0.25, -0.2) is 9.59 Å². The largest absolute Gasteiger partial charge is 0.477 e. The first kappa shape index (κ1) is 50.4. The van der Waals surface area contributed by atoms with E-state index in [1.54, 1.807) is 12.1 Å². The number of carbonyl (C=O) groups is 2. The Morgan fingerprint density at radius 1 is 0.403 bits per heavy atom. The van der Waals surface area contributed by atoms with E-state index < -0.39 is 11.9 Å². The van der Waals surface area contributed by atoms with Gasteiger partial charge in [0.1, 0.15) is 23.3 Å². The number of fused-ring (bicyclic) bond motifs is 1. The molecule has 0 saturated carbocycles. The topological polar surface area (TPSA) is 125 Å². The predicted molar refractivity (Wildman–Crippen MR) is 318 cm³/mol. The minimum atomic E-state index is -1.24. The molecule has 9 heteroatoms. The van der Waals surface area contributed by atoms with Crippen LogP contribution in [0.2, 0.25) is 0 Å². The average Bonchev–Trinajstić information content (AvgIpc) is 4.17. The van der Waals surface area contributed by atoms with Gasteiger partial charge in [0.25, 0.3) is 0 Å². The average molecular weight is 1030 g/mol. The smallest absolute Gasteiger partial charge is 0.346 e. The van der Waals surface area contributed by atoms with Crippen LogP contribution in [0.1, 0.15) is 48.7 Å². The molecule has 0 bridgehead atoms. The fraction of sp³-hybridized carbons (Fsp3) is 0. The second-order valence-electron chi connectivity index (χ2n) is 17.9. The minimum absolute atomic E-state index is 0.297. The van der Waals surface area contributed by atoms with Crippen molar-refractivity contribution in [1.29, 1.82) is 10.5 Å². The number of nitriles is 2. The van der Waals surface area contributed by atoms with Crippen molar-refractivity contribution in [2.75, 3.05) is 4.90 Å². The molecule has 0 atom stereocenters. The Kier molecular flexibility index (Phi) is 15.3. The van der Waals surface area contributed by atoms with Crippen LogP contribution in [0.5, 0.6) is 0 Å². The molecule has 0 fully saturated rings. The summed E-state index contributed by atoms with van der Waals surface area (Å²) in [6, 6.07) is 78.7. The van der Waals surface area contributed by atoms with Crippen molar-refractivity contribution in [3.05, 3.63) is 278 Å². The highest BCUT2D eigenvalue weighted by Gasteiger charge is 2.15. The maximum atomic E-state index is 11.3. The van der Waals surface area contributed by atoms with E-state index >= 15 is 0 Å². The van der Waals surface area contributed by atoms with Crippen LogP contribution in [-0.2, 0) is 9.59 Å². The summed E-state index contributed by atoms with van der Waals surface area (Å²) in [5, 5.41) is 39.2. The number of nitrogens with zero attached hydrogens (tertiary/aromatic N) is 3. The zero-order valence-electron chi connectivity index (χ0n) is 41.2. The quantitative estimate of drug-likeness (QED) is 0.0561. The van der Waals surface area contributed by atoms with Crippen molar-refractivity contribution in [2.45, 2.75) is 0 Å². The second kappa shape index (κ2) is 23.4. The molecule has 2 aromatic heterocycles. The Morgan fingerprint density at radius 2 is 0.805 bits per heavy atom. The summed E-state index contributed by atoms with van der Waals surface area (Å²) in [6.45, 7) is 0. The number of rotatable bonds is 16. The summed E-state index contributed by atoms with van der Waals surface area (Å²) in [7, 11) is 0. The second-order valence-corrected chi connectivity index (χ2v) is 20.1. The number of carboxylic acid groups (broad SMARTS) is 2. The van der Waals surface area contributed by atoms with Gasteiger partial charge >= 0.3 is 11.9 Å². The number of aliphatic carboxylic acids is 2. The van der Waals surface area contributed by atoms with Crippen LogP contribution in [0.3, 0.4) is 0 Å². The molecule has 8 aromatic carbocycles. The minimum Gasteiger partial charge on any atom is -0.477 e. The van der Waals surface area contributed by atoms with E-state index in [9.17, 15) is 19.8 Å². The number of thiophene rings is 2. The Bertz CT molecular complexity index is 3840. The third-order valence-corrected chi connectivity index (χ3v) is 14.9. The molecule has 2 heterocycles. The van der Waals surface area contributed by atoms with Gasteiger partial charge < -0.3 is 15.1 Å². The van der Waals surface area contributed by atoms with Gasteiger partial charge in [0.05, 0.1) is 0 Å². The highest BCUT2D eigenvalue weighted by atomic mass is 32.1. The van der Waals surface area contributed by atoms with Crippen molar-refractivity contribution >= 4 is 111 Å². The predicted octanol–water partition coefficient (Wildman–Crippen LogP) is 17.7. The lowest BCUT2D eigenvalue weighted by Gasteiger charge is -2.26. The molecule has 0 saturated heterocycles. The molecule has 0 radical (unpaired) electrons. The van der Waals surface area contributed by atoms with Gasteiger partial charge in [-0.1, -0.05) is 176 Å². The van der Waals surface area contributed by atoms with Gasteiger partial charge in [0.2, 0.25) is 0 Å². The third kappa shape index (κ3) is 12.3. The SMILES string of the molecule is N#CC(=Cc1ccc(-c2ccc(C=Cc3ccc(N(c4ccc(C=Cc5ccc(-c6ccc(C=C(C#N)C(=O)O)s6)cc5)cc4)c4ccc(C=C(c5ccccc5)c5ccc6ccccc6c5)cc4)cc3)cc2)s1)C(=O)O. The zero-order valence-corrected chi connectivity index (χ0v) is 42.8. The number of benzene rings is 8. The lowest BCUT2D eigenvalue weighted by molar-refractivity contribution is -0.133.